The molecule has 1 aromatic heterocycles. The van der Waals surface area contributed by atoms with E-state index in [1.165, 1.54) is 0 Å². The van der Waals surface area contributed by atoms with Crippen LogP contribution in [-0.4, -0.2) is 26.6 Å². The number of nitrogens with zero attached hydrogens (tertiary/aromatic N) is 2. The molecule has 5 heteroatoms. The predicted octanol–water partition coefficient (Wildman–Crippen LogP) is 2.15. The second kappa shape index (κ2) is 4.92. The third-order valence-electron chi connectivity index (χ3n) is 3.53. The van der Waals surface area contributed by atoms with Crippen LogP contribution in [0.15, 0.2) is 30.3 Å². The highest BCUT2D eigenvalue weighted by Crippen LogP contribution is 2.25. The van der Waals surface area contributed by atoms with Crippen LogP contribution in [0.5, 0.6) is 0 Å². The van der Waals surface area contributed by atoms with Crippen molar-refractivity contribution >= 4 is 11.8 Å². The van der Waals surface area contributed by atoms with E-state index in [1.54, 1.807) is 4.68 Å². The van der Waals surface area contributed by atoms with Gasteiger partial charge in [0.2, 0.25) is 0 Å². The van der Waals surface area contributed by atoms with Crippen LogP contribution in [0, 0.1) is 0 Å². The molecule has 0 radical (unpaired) electrons. The van der Waals surface area contributed by atoms with Gasteiger partial charge in [0, 0.05) is 6.42 Å². The molecule has 3 rings (SSSR count). The summed E-state index contributed by atoms with van der Waals surface area (Å²) in [5.41, 5.74) is 1.98. The molecule has 1 heterocycles. The van der Waals surface area contributed by atoms with Crippen molar-refractivity contribution in [3.8, 4) is 0 Å². The van der Waals surface area contributed by atoms with Crippen LogP contribution in [0.3, 0.4) is 0 Å². The first-order chi connectivity index (χ1) is 9.66. The molecule has 1 aliphatic carbocycles. The lowest BCUT2D eigenvalue weighted by Crippen LogP contribution is -2.15. The van der Waals surface area contributed by atoms with Gasteiger partial charge in [0.1, 0.15) is 0 Å². The van der Waals surface area contributed by atoms with Crippen LogP contribution in [0.4, 0.5) is 0 Å². The number of aromatic nitrogens is 2. The monoisotopic (exact) mass is 270 g/mol. The Balaban J connectivity index is 2.06. The van der Waals surface area contributed by atoms with Crippen LogP contribution >= 0.6 is 0 Å². The van der Waals surface area contributed by atoms with Crippen molar-refractivity contribution in [2.45, 2.75) is 25.8 Å². The Morgan fingerprint density at radius 2 is 2.00 bits per heavy atom. The van der Waals surface area contributed by atoms with Gasteiger partial charge in [-0.2, -0.15) is 5.10 Å². The van der Waals surface area contributed by atoms with Gasteiger partial charge in [-0.1, -0.05) is 30.3 Å². The molecule has 1 aliphatic rings. The highest BCUT2D eigenvalue weighted by molar-refractivity contribution is 6.06. The Hall–Kier alpha value is -2.43. The van der Waals surface area contributed by atoms with Gasteiger partial charge >= 0.3 is 5.97 Å². The van der Waals surface area contributed by atoms with Crippen molar-refractivity contribution in [2.24, 2.45) is 0 Å². The molecule has 0 bridgehead atoms. The maximum Gasteiger partial charge on any atom is 0.357 e. The molecular formula is C15H14N2O3. The smallest absolute Gasteiger partial charge is 0.357 e. The Kier molecular flexibility index (Phi) is 3.10. The minimum atomic E-state index is -1.14. The van der Waals surface area contributed by atoms with E-state index < -0.39 is 5.97 Å². The number of hydrogen-bond acceptors (Lipinski definition) is 3. The molecule has 2 aromatic rings. The van der Waals surface area contributed by atoms with Crippen molar-refractivity contribution in [3.63, 3.8) is 0 Å². The zero-order valence-corrected chi connectivity index (χ0v) is 10.9. The van der Waals surface area contributed by atoms with E-state index in [1.807, 2.05) is 30.3 Å². The lowest BCUT2D eigenvalue weighted by atomic mass is 9.94. The van der Waals surface area contributed by atoms with Gasteiger partial charge in [-0.15, -0.1) is 0 Å². The fourth-order valence-corrected chi connectivity index (χ4v) is 2.62. The highest BCUT2D eigenvalue weighted by atomic mass is 16.4. The minimum Gasteiger partial charge on any atom is -0.476 e. The first kappa shape index (κ1) is 12.6. The molecule has 0 saturated carbocycles. The van der Waals surface area contributed by atoms with Crippen molar-refractivity contribution in [1.29, 1.82) is 0 Å². The SMILES string of the molecule is O=C(O)c1nn(Cc2ccccc2)c2c1C(=O)CCC2. The number of rotatable bonds is 3. The summed E-state index contributed by atoms with van der Waals surface area (Å²) in [6, 6.07) is 9.69. The van der Waals surface area contributed by atoms with Crippen LogP contribution in [0.2, 0.25) is 0 Å². The van der Waals surface area contributed by atoms with Gasteiger partial charge in [-0.05, 0) is 18.4 Å². The highest BCUT2D eigenvalue weighted by Gasteiger charge is 2.29. The molecule has 0 fully saturated rings. The van der Waals surface area contributed by atoms with Gasteiger partial charge in [0.15, 0.2) is 11.5 Å². The summed E-state index contributed by atoms with van der Waals surface area (Å²) in [7, 11) is 0. The Bertz CT molecular complexity index is 674. The second-order valence-electron chi connectivity index (χ2n) is 4.90. The average Bonchev–Trinajstić information content (AvgIpc) is 2.81. The summed E-state index contributed by atoms with van der Waals surface area (Å²) in [5.74, 6) is -1.24. The van der Waals surface area contributed by atoms with Gasteiger partial charge in [0.05, 0.1) is 17.8 Å². The molecule has 0 aliphatic heterocycles. The lowest BCUT2D eigenvalue weighted by molar-refractivity contribution is 0.0684. The van der Waals surface area contributed by atoms with Crippen LogP contribution in [-0.2, 0) is 13.0 Å². The summed E-state index contributed by atoms with van der Waals surface area (Å²) in [4.78, 5) is 23.2. The molecule has 0 saturated heterocycles. The Morgan fingerprint density at radius 3 is 2.70 bits per heavy atom. The van der Waals surface area contributed by atoms with E-state index in [0.717, 1.165) is 17.7 Å². The fourth-order valence-electron chi connectivity index (χ4n) is 2.62. The normalized spacial score (nSPS) is 14.1. The number of fused-ring (bicyclic) bond motifs is 1. The minimum absolute atomic E-state index is 0.108. The third-order valence-corrected chi connectivity index (χ3v) is 3.53. The summed E-state index contributed by atoms with van der Waals surface area (Å²) in [6.07, 6.45) is 1.86. The zero-order chi connectivity index (χ0) is 14.1. The van der Waals surface area contributed by atoms with E-state index in [2.05, 4.69) is 5.10 Å². The van der Waals surface area contributed by atoms with Crippen molar-refractivity contribution in [3.05, 3.63) is 52.8 Å². The zero-order valence-electron chi connectivity index (χ0n) is 10.9. The molecule has 0 atom stereocenters. The summed E-state index contributed by atoms with van der Waals surface area (Å²) < 4.78 is 1.66. The van der Waals surface area contributed by atoms with Gasteiger partial charge in [-0.3, -0.25) is 9.48 Å². The lowest BCUT2D eigenvalue weighted by Gasteiger charge is -2.13. The van der Waals surface area contributed by atoms with E-state index in [-0.39, 0.29) is 11.5 Å². The maximum absolute atomic E-state index is 12.0. The Morgan fingerprint density at radius 1 is 1.25 bits per heavy atom. The van der Waals surface area contributed by atoms with Gasteiger partial charge in [-0.25, -0.2) is 4.79 Å². The molecule has 0 unspecified atom stereocenters. The molecule has 1 aromatic carbocycles. The van der Waals surface area contributed by atoms with Crippen LogP contribution in [0.1, 0.15) is 44.9 Å². The molecule has 0 amide bonds. The maximum atomic E-state index is 12.0. The standard InChI is InChI=1S/C15H14N2O3/c18-12-8-4-7-11-13(12)14(15(19)20)16-17(11)9-10-5-2-1-3-6-10/h1-3,5-6H,4,7-9H2,(H,19,20). The number of carboxylic acids is 1. The molecule has 0 spiro atoms. The van der Waals surface area contributed by atoms with Crippen LogP contribution < -0.4 is 0 Å². The predicted molar refractivity (Wildman–Crippen MR) is 72.0 cm³/mol. The number of Topliss-reactive ketones (excluding diaryl/α,β-unsaturated/α-hetero) is 1. The average molecular weight is 270 g/mol. The third kappa shape index (κ3) is 2.11. The topological polar surface area (TPSA) is 72.2 Å². The summed E-state index contributed by atoms with van der Waals surface area (Å²) in [5, 5.41) is 13.3. The number of benzene rings is 1. The first-order valence-electron chi connectivity index (χ1n) is 6.57. The summed E-state index contributed by atoms with van der Waals surface area (Å²) >= 11 is 0. The van der Waals surface area contributed by atoms with Crippen molar-refractivity contribution in [2.75, 3.05) is 0 Å². The molecular weight excluding hydrogens is 256 g/mol. The van der Waals surface area contributed by atoms with E-state index in [9.17, 15) is 14.7 Å². The van der Waals surface area contributed by atoms with Crippen molar-refractivity contribution in [1.82, 2.24) is 9.78 Å². The fraction of sp³-hybridized carbons (Fsp3) is 0.267. The van der Waals surface area contributed by atoms with E-state index >= 15 is 0 Å². The number of aromatic carboxylic acids is 1. The number of carbonyl (C=O) groups is 2. The van der Waals surface area contributed by atoms with E-state index in [0.29, 0.717) is 24.9 Å². The quantitative estimate of drug-likeness (QED) is 0.927. The number of carboxylic acid groups (broad SMARTS) is 1. The molecule has 102 valence electrons. The molecule has 20 heavy (non-hydrogen) atoms. The number of ketones is 1. The Labute approximate surface area is 115 Å². The molecule has 1 N–H and O–H groups in total. The number of carbonyl (C=O) groups excluding carboxylic acids is 1. The summed E-state index contributed by atoms with van der Waals surface area (Å²) in [6.45, 7) is 0.490. The van der Waals surface area contributed by atoms with Gasteiger partial charge < -0.3 is 5.11 Å². The number of hydrogen-bond donors (Lipinski definition) is 1. The second-order valence-corrected chi connectivity index (χ2v) is 4.90. The van der Waals surface area contributed by atoms with Crippen molar-refractivity contribution < 1.29 is 14.7 Å². The molecule has 5 nitrogen and oxygen atoms in total. The van der Waals surface area contributed by atoms with Gasteiger partial charge in [0.25, 0.3) is 0 Å². The van der Waals surface area contributed by atoms with E-state index in [4.69, 9.17) is 0 Å². The largest absolute Gasteiger partial charge is 0.476 e. The van der Waals surface area contributed by atoms with Crippen LogP contribution in [0.25, 0.3) is 0 Å². The first-order valence-corrected chi connectivity index (χ1v) is 6.57.